The lowest BCUT2D eigenvalue weighted by Crippen LogP contribution is -2.44. The number of nitrogens with zero attached hydrogens (tertiary/aromatic N) is 3. The maximum atomic E-state index is 13.1. The minimum atomic E-state index is -0.722. The van der Waals surface area contributed by atoms with E-state index >= 15 is 0 Å². The SMILES string of the molecule is CC.Cc1cc(NC(=O)C(=O)N2CCCCC2c2ccc3scnc3c2)cnc1NC(=O)OC(C)(C)C. The third-order valence-electron chi connectivity index (χ3n) is 5.65. The summed E-state index contributed by atoms with van der Waals surface area (Å²) in [5.74, 6) is -0.987. The molecule has 0 aliphatic carbocycles. The summed E-state index contributed by atoms with van der Waals surface area (Å²) >= 11 is 1.57. The molecule has 198 valence electrons. The van der Waals surface area contributed by atoms with Crippen molar-refractivity contribution in [3.05, 3.63) is 47.1 Å². The highest BCUT2D eigenvalue weighted by molar-refractivity contribution is 7.16. The van der Waals surface area contributed by atoms with Gasteiger partial charge < -0.3 is 15.0 Å². The van der Waals surface area contributed by atoms with Crippen LogP contribution in [0.15, 0.2) is 36.0 Å². The van der Waals surface area contributed by atoms with Gasteiger partial charge in [-0.05, 0) is 76.3 Å². The van der Waals surface area contributed by atoms with Gasteiger partial charge >= 0.3 is 17.9 Å². The van der Waals surface area contributed by atoms with E-state index in [1.165, 1.54) is 6.20 Å². The molecule has 1 aromatic carbocycles. The first kappa shape index (κ1) is 28.0. The molecule has 3 amide bonds. The Morgan fingerprint density at radius 1 is 1.08 bits per heavy atom. The molecule has 1 atom stereocenters. The molecule has 0 saturated carbocycles. The van der Waals surface area contributed by atoms with Gasteiger partial charge in [0.1, 0.15) is 11.4 Å². The molecule has 4 rings (SSSR count). The fourth-order valence-corrected chi connectivity index (χ4v) is 4.75. The number of benzene rings is 1. The van der Waals surface area contributed by atoms with Crippen molar-refractivity contribution in [2.24, 2.45) is 0 Å². The van der Waals surface area contributed by atoms with Crippen LogP contribution in [-0.4, -0.2) is 44.9 Å². The molecule has 1 saturated heterocycles. The van der Waals surface area contributed by atoms with E-state index in [1.807, 2.05) is 32.0 Å². The Kier molecular flexibility index (Phi) is 9.20. The standard InChI is InChI=1S/C25H29N5O4S.C2H6/c1-15-11-17(13-26-21(15)29-24(33)34-25(2,3)4)28-22(31)23(32)30-10-6-5-7-19(30)16-8-9-20-18(12-16)27-14-35-20;1-2/h8-9,11-14,19H,5-7,10H2,1-4H3,(H,28,31)(H,26,29,33);1-2H3. The van der Waals surface area contributed by atoms with E-state index in [9.17, 15) is 14.4 Å². The minimum Gasteiger partial charge on any atom is -0.444 e. The number of carbonyl (C=O) groups excluding carboxylic acids is 3. The molecule has 1 aliphatic heterocycles. The van der Waals surface area contributed by atoms with E-state index in [4.69, 9.17) is 4.74 Å². The minimum absolute atomic E-state index is 0.173. The van der Waals surface area contributed by atoms with E-state index in [0.29, 0.717) is 23.6 Å². The van der Waals surface area contributed by atoms with E-state index in [0.717, 1.165) is 35.0 Å². The number of aryl methyl sites for hydroxylation is 1. The second-order valence-electron chi connectivity index (χ2n) is 9.56. The Balaban J connectivity index is 0.00000186. The predicted molar refractivity (Wildman–Crippen MR) is 147 cm³/mol. The van der Waals surface area contributed by atoms with E-state index in [2.05, 4.69) is 20.6 Å². The van der Waals surface area contributed by atoms with Crippen LogP contribution in [0, 0.1) is 6.92 Å². The van der Waals surface area contributed by atoms with Gasteiger partial charge in [0.15, 0.2) is 0 Å². The third-order valence-corrected chi connectivity index (χ3v) is 6.46. The number of thiazole rings is 1. The molecule has 9 nitrogen and oxygen atoms in total. The molecule has 37 heavy (non-hydrogen) atoms. The summed E-state index contributed by atoms with van der Waals surface area (Å²) in [5, 5.41) is 5.24. The van der Waals surface area contributed by atoms with Crippen LogP contribution in [-0.2, 0) is 14.3 Å². The maximum Gasteiger partial charge on any atom is 0.413 e. The average molecular weight is 526 g/mol. The molecule has 0 spiro atoms. The fraction of sp³-hybridized carbons (Fsp3) is 0.444. The molecule has 10 heteroatoms. The molecule has 3 aromatic rings. The predicted octanol–water partition coefficient (Wildman–Crippen LogP) is 6.07. The van der Waals surface area contributed by atoms with Crippen molar-refractivity contribution in [1.82, 2.24) is 14.9 Å². The molecular weight excluding hydrogens is 490 g/mol. The summed E-state index contributed by atoms with van der Waals surface area (Å²) in [6.45, 7) is 11.6. The normalized spacial score (nSPS) is 15.4. The first-order chi connectivity index (χ1) is 17.6. The van der Waals surface area contributed by atoms with Crippen LogP contribution >= 0.6 is 11.3 Å². The first-order valence-corrected chi connectivity index (χ1v) is 13.4. The number of amides is 3. The zero-order valence-corrected chi connectivity index (χ0v) is 23.1. The Morgan fingerprint density at radius 2 is 1.84 bits per heavy atom. The van der Waals surface area contributed by atoms with Gasteiger partial charge in [0.2, 0.25) is 0 Å². The van der Waals surface area contributed by atoms with Crippen LogP contribution in [0.4, 0.5) is 16.3 Å². The highest BCUT2D eigenvalue weighted by atomic mass is 32.1. The second kappa shape index (κ2) is 12.1. The summed E-state index contributed by atoms with van der Waals surface area (Å²) in [6.07, 6.45) is 3.40. The van der Waals surface area contributed by atoms with Gasteiger partial charge in [0, 0.05) is 6.54 Å². The lowest BCUT2D eigenvalue weighted by molar-refractivity contribution is -0.145. The number of pyridine rings is 1. The monoisotopic (exact) mass is 525 g/mol. The average Bonchev–Trinajstić information content (AvgIpc) is 3.33. The van der Waals surface area contributed by atoms with Crippen molar-refractivity contribution in [3.8, 4) is 0 Å². The van der Waals surface area contributed by atoms with Gasteiger partial charge in [-0.3, -0.25) is 14.9 Å². The zero-order chi connectivity index (χ0) is 27.2. The number of ether oxygens (including phenoxy) is 1. The van der Waals surface area contributed by atoms with Crippen LogP contribution < -0.4 is 10.6 Å². The summed E-state index contributed by atoms with van der Waals surface area (Å²) in [6, 6.07) is 7.51. The molecule has 0 radical (unpaired) electrons. The van der Waals surface area contributed by atoms with Gasteiger partial charge in [0.05, 0.1) is 33.7 Å². The largest absolute Gasteiger partial charge is 0.444 e. The number of rotatable bonds is 3. The van der Waals surface area contributed by atoms with Crippen LogP contribution in [0.2, 0.25) is 0 Å². The molecule has 1 aliphatic rings. The number of piperidine rings is 1. The third kappa shape index (κ3) is 7.25. The van der Waals surface area contributed by atoms with Gasteiger partial charge in [-0.1, -0.05) is 19.9 Å². The highest BCUT2D eigenvalue weighted by Crippen LogP contribution is 2.33. The van der Waals surface area contributed by atoms with Crippen molar-refractivity contribution >= 4 is 51.0 Å². The van der Waals surface area contributed by atoms with Crippen molar-refractivity contribution in [3.63, 3.8) is 0 Å². The quantitative estimate of drug-likeness (QED) is 0.402. The van der Waals surface area contributed by atoms with Crippen molar-refractivity contribution in [2.75, 3.05) is 17.2 Å². The van der Waals surface area contributed by atoms with E-state index in [1.54, 1.807) is 55.5 Å². The van der Waals surface area contributed by atoms with Crippen molar-refractivity contribution in [1.29, 1.82) is 0 Å². The Labute approximate surface area is 221 Å². The van der Waals surface area contributed by atoms with Crippen LogP contribution in [0.25, 0.3) is 10.2 Å². The Hall–Kier alpha value is -3.53. The van der Waals surface area contributed by atoms with Gasteiger partial charge in [-0.25, -0.2) is 14.8 Å². The topological polar surface area (TPSA) is 114 Å². The highest BCUT2D eigenvalue weighted by Gasteiger charge is 2.32. The smallest absolute Gasteiger partial charge is 0.413 e. The van der Waals surface area contributed by atoms with Crippen LogP contribution in [0.5, 0.6) is 0 Å². The molecular formula is C27H35N5O4S. The number of anilines is 2. The number of likely N-dealkylation sites (tertiary alicyclic amines) is 1. The van der Waals surface area contributed by atoms with Gasteiger partial charge in [-0.2, -0.15) is 0 Å². The molecule has 0 bridgehead atoms. The van der Waals surface area contributed by atoms with E-state index < -0.39 is 23.5 Å². The lowest BCUT2D eigenvalue weighted by atomic mass is 9.95. The Bertz CT molecular complexity index is 1270. The summed E-state index contributed by atoms with van der Waals surface area (Å²) < 4.78 is 6.33. The lowest BCUT2D eigenvalue weighted by Gasteiger charge is -2.35. The molecule has 1 fully saturated rings. The van der Waals surface area contributed by atoms with Gasteiger partial charge in [0.25, 0.3) is 0 Å². The summed E-state index contributed by atoms with van der Waals surface area (Å²) in [4.78, 5) is 48.2. The van der Waals surface area contributed by atoms with Gasteiger partial charge in [-0.15, -0.1) is 11.3 Å². The Morgan fingerprint density at radius 3 is 2.54 bits per heavy atom. The first-order valence-electron chi connectivity index (χ1n) is 12.5. The maximum absolute atomic E-state index is 13.1. The second-order valence-corrected chi connectivity index (χ2v) is 10.4. The number of aromatic nitrogens is 2. The number of fused-ring (bicyclic) bond motifs is 1. The number of carbonyl (C=O) groups is 3. The van der Waals surface area contributed by atoms with Crippen LogP contribution in [0.1, 0.15) is 71.0 Å². The molecule has 2 N–H and O–H groups in total. The van der Waals surface area contributed by atoms with Crippen molar-refractivity contribution < 1.29 is 19.1 Å². The number of nitrogens with one attached hydrogen (secondary N) is 2. The van der Waals surface area contributed by atoms with E-state index in [-0.39, 0.29) is 6.04 Å². The number of hydrogen-bond acceptors (Lipinski definition) is 7. The molecule has 3 heterocycles. The van der Waals surface area contributed by atoms with Crippen LogP contribution in [0.3, 0.4) is 0 Å². The van der Waals surface area contributed by atoms with Crippen molar-refractivity contribution in [2.45, 2.75) is 72.4 Å². The zero-order valence-electron chi connectivity index (χ0n) is 22.3. The summed E-state index contributed by atoms with van der Waals surface area (Å²) in [5.41, 5.74) is 4.04. The molecule has 1 unspecified atom stereocenters. The molecule has 2 aromatic heterocycles. The number of hydrogen-bond donors (Lipinski definition) is 2. The summed E-state index contributed by atoms with van der Waals surface area (Å²) in [7, 11) is 0. The fourth-order valence-electron chi connectivity index (χ4n) is 4.09.